The van der Waals surface area contributed by atoms with E-state index in [1.54, 1.807) is 19.2 Å². The van der Waals surface area contributed by atoms with Gasteiger partial charge in [-0.2, -0.15) is 0 Å². The van der Waals surface area contributed by atoms with Crippen molar-refractivity contribution < 1.29 is 14.3 Å². The molecular weight excluding hydrogens is 182 g/mol. The second-order valence-electron chi connectivity index (χ2n) is 2.77. The summed E-state index contributed by atoms with van der Waals surface area (Å²) in [6, 6.07) is 3.62. The van der Waals surface area contributed by atoms with Crippen LogP contribution in [0, 0.1) is 6.92 Å². The number of pyridine rings is 1. The van der Waals surface area contributed by atoms with Crippen molar-refractivity contribution in [2.45, 2.75) is 13.8 Å². The lowest BCUT2D eigenvalue weighted by Crippen LogP contribution is -2.15. The van der Waals surface area contributed by atoms with Gasteiger partial charge in [-0.15, -0.1) is 0 Å². The number of esters is 1. The summed E-state index contributed by atoms with van der Waals surface area (Å²) in [5, 5.41) is 0. The van der Waals surface area contributed by atoms with Crippen molar-refractivity contribution in [3.05, 3.63) is 23.9 Å². The number of ether oxygens (including phenoxy) is 2. The first kappa shape index (κ1) is 10.5. The first-order valence-corrected chi connectivity index (χ1v) is 4.43. The molecule has 0 fully saturated rings. The molecule has 0 aliphatic carbocycles. The van der Waals surface area contributed by atoms with Crippen molar-refractivity contribution in [1.29, 1.82) is 0 Å². The van der Waals surface area contributed by atoms with Crippen molar-refractivity contribution in [2.75, 3.05) is 13.2 Å². The van der Waals surface area contributed by atoms with E-state index < -0.39 is 0 Å². The molecule has 1 aromatic heterocycles. The van der Waals surface area contributed by atoms with Crippen molar-refractivity contribution in [3.63, 3.8) is 0 Å². The Hall–Kier alpha value is -1.58. The van der Waals surface area contributed by atoms with E-state index in [1.165, 1.54) is 0 Å². The van der Waals surface area contributed by atoms with E-state index in [9.17, 15) is 4.79 Å². The monoisotopic (exact) mass is 195 g/mol. The third-order valence-electron chi connectivity index (χ3n) is 1.53. The van der Waals surface area contributed by atoms with Gasteiger partial charge in [-0.05, 0) is 25.5 Å². The summed E-state index contributed by atoms with van der Waals surface area (Å²) in [6.45, 7) is 3.95. The number of carbonyl (C=O) groups is 1. The Balaban J connectivity index is 2.41. The molecule has 0 aliphatic rings. The standard InChI is InChI=1S/C10H13NO3/c1-3-13-10(12)7-14-9-6-8(2)4-5-11-9/h4-6H,3,7H2,1-2H3. The fraction of sp³-hybridized carbons (Fsp3) is 0.400. The maximum absolute atomic E-state index is 10.9. The van der Waals surface area contributed by atoms with Crippen LogP contribution in [-0.2, 0) is 9.53 Å². The molecule has 1 rings (SSSR count). The summed E-state index contributed by atoms with van der Waals surface area (Å²) < 4.78 is 9.82. The summed E-state index contributed by atoms with van der Waals surface area (Å²) in [4.78, 5) is 14.9. The first-order chi connectivity index (χ1) is 6.72. The second kappa shape index (κ2) is 5.21. The molecule has 0 radical (unpaired) electrons. The minimum Gasteiger partial charge on any atom is -0.466 e. The van der Waals surface area contributed by atoms with Crippen LogP contribution >= 0.6 is 0 Å². The summed E-state index contributed by atoms with van der Waals surface area (Å²) >= 11 is 0. The number of aromatic nitrogens is 1. The highest BCUT2D eigenvalue weighted by molar-refractivity contribution is 5.70. The Morgan fingerprint density at radius 2 is 2.36 bits per heavy atom. The lowest BCUT2D eigenvalue weighted by atomic mass is 10.3. The molecule has 0 bridgehead atoms. The topological polar surface area (TPSA) is 48.4 Å². The van der Waals surface area contributed by atoms with Gasteiger partial charge >= 0.3 is 5.97 Å². The van der Waals surface area contributed by atoms with Crippen LogP contribution in [0.15, 0.2) is 18.3 Å². The molecule has 0 spiro atoms. The highest BCUT2D eigenvalue weighted by Crippen LogP contribution is 2.07. The Bertz CT molecular complexity index is 312. The summed E-state index contributed by atoms with van der Waals surface area (Å²) in [5.74, 6) is 0.0638. The molecule has 1 aromatic rings. The predicted octanol–water partition coefficient (Wildman–Crippen LogP) is 1.33. The molecule has 14 heavy (non-hydrogen) atoms. The maximum atomic E-state index is 10.9. The Kier molecular flexibility index (Phi) is 3.91. The summed E-state index contributed by atoms with van der Waals surface area (Å²) in [7, 11) is 0. The SMILES string of the molecule is CCOC(=O)COc1cc(C)ccn1. The molecule has 0 saturated carbocycles. The van der Waals surface area contributed by atoms with Crippen LogP contribution in [0.3, 0.4) is 0 Å². The zero-order chi connectivity index (χ0) is 10.4. The quantitative estimate of drug-likeness (QED) is 0.680. The summed E-state index contributed by atoms with van der Waals surface area (Å²) in [5.41, 5.74) is 1.04. The van der Waals surface area contributed by atoms with Crippen LogP contribution in [0.25, 0.3) is 0 Å². The normalized spacial score (nSPS) is 9.57. The lowest BCUT2D eigenvalue weighted by Gasteiger charge is -2.04. The fourth-order valence-electron chi connectivity index (χ4n) is 0.923. The molecule has 0 aliphatic heterocycles. The largest absolute Gasteiger partial charge is 0.466 e. The Morgan fingerprint density at radius 3 is 3.00 bits per heavy atom. The number of hydrogen-bond acceptors (Lipinski definition) is 4. The lowest BCUT2D eigenvalue weighted by molar-refractivity contribution is -0.145. The van der Waals surface area contributed by atoms with Crippen molar-refractivity contribution in [2.24, 2.45) is 0 Å². The van der Waals surface area contributed by atoms with Crippen LogP contribution in [-0.4, -0.2) is 24.2 Å². The third kappa shape index (κ3) is 3.43. The van der Waals surface area contributed by atoms with Crippen LogP contribution in [0.4, 0.5) is 0 Å². The molecule has 0 aromatic carbocycles. The first-order valence-electron chi connectivity index (χ1n) is 4.43. The molecule has 0 atom stereocenters. The average molecular weight is 195 g/mol. The summed E-state index contributed by atoms with van der Waals surface area (Å²) in [6.07, 6.45) is 1.63. The van der Waals surface area contributed by atoms with Gasteiger partial charge in [0.25, 0.3) is 0 Å². The van der Waals surface area contributed by atoms with E-state index >= 15 is 0 Å². The number of rotatable bonds is 4. The number of aryl methyl sites for hydroxylation is 1. The van der Waals surface area contributed by atoms with Gasteiger partial charge in [-0.25, -0.2) is 9.78 Å². The minimum atomic E-state index is -0.379. The molecule has 1 heterocycles. The fourth-order valence-corrected chi connectivity index (χ4v) is 0.923. The maximum Gasteiger partial charge on any atom is 0.344 e. The molecule has 0 unspecified atom stereocenters. The van der Waals surface area contributed by atoms with E-state index in [2.05, 4.69) is 4.98 Å². The van der Waals surface area contributed by atoms with Gasteiger partial charge in [0.1, 0.15) is 0 Å². The minimum absolute atomic E-state index is 0.0930. The van der Waals surface area contributed by atoms with Gasteiger partial charge < -0.3 is 9.47 Å². The van der Waals surface area contributed by atoms with Crippen molar-refractivity contribution in [1.82, 2.24) is 4.98 Å². The zero-order valence-electron chi connectivity index (χ0n) is 8.32. The third-order valence-corrected chi connectivity index (χ3v) is 1.53. The number of nitrogens with zero attached hydrogens (tertiary/aromatic N) is 1. The van der Waals surface area contributed by atoms with Crippen molar-refractivity contribution in [3.8, 4) is 5.88 Å². The van der Waals surface area contributed by atoms with E-state index in [-0.39, 0.29) is 12.6 Å². The van der Waals surface area contributed by atoms with Crippen LogP contribution < -0.4 is 4.74 Å². The zero-order valence-corrected chi connectivity index (χ0v) is 8.32. The molecule has 0 saturated heterocycles. The average Bonchev–Trinajstić information content (AvgIpc) is 2.15. The molecule has 0 N–H and O–H groups in total. The molecule has 4 nitrogen and oxygen atoms in total. The molecular formula is C10H13NO3. The van der Waals surface area contributed by atoms with E-state index in [1.807, 2.05) is 13.0 Å². The number of carbonyl (C=O) groups excluding carboxylic acids is 1. The highest BCUT2D eigenvalue weighted by Gasteiger charge is 2.03. The van der Waals surface area contributed by atoms with Crippen molar-refractivity contribution >= 4 is 5.97 Å². The van der Waals surface area contributed by atoms with Gasteiger partial charge in [0, 0.05) is 12.3 Å². The van der Waals surface area contributed by atoms with E-state index in [0.29, 0.717) is 12.5 Å². The molecule has 4 heteroatoms. The second-order valence-corrected chi connectivity index (χ2v) is 2.77. The van der Waals surface area contributed by atoms with Gasteiger partial charge in [-0.1, -0.05) is 0 Å². The number of hydrogen-bond donors (Lipinski definition) is 0. The van der Waals surface area contributed by atoms with Gasteiger partial charge in [0.05, 0.1) is 6.61 Å². The van der Waals surface area contributed by atoms with Crippen LogP contribution in [0.5, 0.6) is 5.88 Å². The highest BCUT2D eigenvalue weighted by atomic mass is 16.6. The smallest absolute Gasteiger partial charge is 0.344 e. The van der Waals surface area contributed by atoms with E-state index in [4.69, 9.17) is 9.47 Å². The Labute approximate surface area is 82.9 Å². The van der Waals surface area contributed by atoms with Gasteiger partial charge in [0.15, 0.2) is 6.61 Å². The van der Waals surface area contributed by atoms with Gasteiger partial charge in [-0.3, -0.25) is 0 Å². The predicted molar refractivity (Wildman–Crippen MR) is 51.1 cm³/mol. The van der Waals surface area contributed by atoms with E-state index in [0.717, 1.165) is 5.56 Å². The Morgan fingerprint density at radius 1 is 1.57 bits per heavy atom. The van der Waals surface area contributed by atoms with Gasteiger partial charge in [0.2, 0.25) is 5.88 Å². The van der Waals surface area contributed by atoms with Crippen LogP contribution in [0.1, 0.15) is 12.5 Å². The van der Waals surface area contributed by atoms with Crippen LogP contribution in [0.2, 0.25) is 0 Å². The molecule has 76 valence electrons. The molecule has 0 amide bonds.